The van der Waals surface area contributed by atoms with E-state index in [1.54, 1.807) is 61.5 Å². The normalized spacial score (nSPS) is 14.2. The van der Waals surface area contributed by atoms with Crippen molar-refractivity contribution in [3.8, 4) is 11.8 Å². The molecule has 1 fully saturated rings. The van der Waals surface area contributed by atoms with E-state index in [-0.39, 0.29) is 17.2 Å². The molecule has 3 aromatic carbocycles. The highest BCUT2D eigenvalue weighted by atomic mass is 19.1. The highest BCUT2D eigenvalue weighted by Crippen LogP contribution is 2.40. The Labute approximate surface area is 231 Å². The Balaban J connectivity index is 1.48. The lowest BCUT2D eigenvalue weighted by Gasteiger charge is -2.31. The number of nitrogens with two attached hydrogens (primary N) is 2. The number of nitrogen functional groups attached to an aromatic ring is 1. The molecule has 4 aromatic rings. The number of amides is 1. The monoisotopic (exact) mass is 535 g/mol. The number of benzene rings is 3. The van der Waals surface area contributed by atoms with Gasteiger partial charge in [-0.1, -0.05) is 43.2 Å². The number of carbonyl (C=O) groups is 1. The van der Waals surface area contributed by atoms with E-state index in [9.17, 15) is 10.1 Å². The largest absolute Gasteiger partial charge is 0.384 e. The van der Waals surface area contributed by atoms with Crippen LogP contribution in [0.4, 0.5) is 10.1 Å². The minimum absolute atomic E-state index is 0.000261. The molecule has 1 atom stereocenters. The number of hydrogen-bond donors (Lipinski definition) is 4. The first-order valence-corrected chi connectivity index (χ1v) is 13.1. The number of nitriles is 1. The predicted octanol–water partition coefficient (Wildman–Crippen LogP) is 5.12. The van der Waals surface area contributed by atoms with Crippen molar-refractivity contribution in [3.05, 3.63) is 112 Å². The summed E-state index contributed by atoms with van der Waals surface area (Å²) in [7, 11) is 0. The van der Waals surface area contributed by atoms with E-state index in [1.807, 2.05) is 12.1 Å². The van der Waals surface area contributed by atoms with Gasteiger partial charge in [-0.2, -0.15) is 10.4 Å². The Morgan fingerprint density at radius 3 is 2.55 bits per heavy atom. The summed E-state index contributed by atoms with van der Waals surface area (Å²) < 4.78 is 16.5. The van der Waals surface area contributed by atoms with Crippen molar-refractivity contribution in [1.29, 1.82) is 10.7 Å². The van der Waals surface area contributed by atoms with Crippen molar-refractivity contribution < 1.29 is 9.18 Å². The van der Waals surface area contributed by atoms with Crippen LogP contribution in [0.3, 0.4) is 0 Å². The first kappa shape index (κ1) is 26.8. The van der Waals surface area contributed by atoms with E-state index in [2.05, 4.69) is 16.5 Å². The third kappa shape index (κ3) is 5.48. The number of nitrogens with zero attached hydrogens (tertiary/aromatic N) is 3. The molecule has 0 aliphatic heterocycles. The van der Waals surface area contributed by atoms with E-state index in [0.717, 1.165) is 12.0 Å². The predicted molar refractivity (Wildman–Crippen MR) is 152 cm³/mol. The first-order chi connectivity index (χ1) is 19.2. The number of aryl methyl sites for hydroxylation is 1. The van der Waals surface area contributed by atoms with Crippen LogP contribution >= 0.6 is 0 Å². The van der Waals surface area contributed by atoms with Crippen LogP contribution in [0.1, 0.15) is 64.1 Å². The molecule has 1 unspecified atom stereocenters. The smallest absolute Gasteiger partial charge is 0.274 e. The van der Waals surface area contributed by atoms with E-state index in [1.165, 1.54) is 23.6 Å². The molecule has 40 heavy (non-hydrogen) atoms. The molecule has 202 valence electrons. The number of anilines is 1. The van der Waals surface area contributed by atoms with Crippen molar-refractivity contribution in [1.82, 2.24) is 9.78 Å². The van der Waals surface area contributed by atoms with Gasteiger partial charge < -0.3 is 16.8 Å². The third-order valence-electron chi connectivity index (χ3n) is 7.37. The molecule has 1 heterocycles. The van der Waals surface area contributed by atoms with Crippen LogP contribution in [0.2, 0.25) is 0 Å². The molecular formula is C31H30FN7O. The fraction of sp³-hybridized carbons (Fsp3) is 0.226. The van der Waals surface area contributed by atoms with E-state index in [0.29, 0.717) is 40.4 Å². The average Bonchev–Trinajstić information content (AvgIpc) is 3.71. The maximum atomic E-state index is 15.1. The fourth-order valence-electron chi connectivity index (χ4n) is 4.88. The van der Waals surface area contributed by atoms with Gasteiger partial charge in [-0.25, -0.2) is 9.07 Å². The summed E-state index contributed by atoms with van der Waals surface area (Å²) in [4.78, 5) is 13.4. The van der Waals surface area contributed by atoms with Gasteiger partial charge in [-0.05, 0) is 79.3 Å². The second-order valence-electron chi connectivity index (χ2n) is 10.3. The molecule has 1 aliphatic carbocycles. The SMILES string of the molecule is Cc1cc(C(=O)Nc2cc(C(N)(CCC3CC3)c3ccc(C#N)cc3)ccc2F)n(-c2cccc(C(=N)N)c2)n1. The molecule has 1 saturated carbocycles. The van der Waals surface area contributed by atoms with Gasteiger partial charge in [0.25, 0.3) is 5.91 Å². The maximum Gasteiger partial charge on any atom is 0.274 e. The van der Waals surface area contributed by atoms with Crippen molar-refractivity contribution >= 4 is 17.4 Å². The van der Waals surface area contributed by atoms with Crippen molar-refractivity contribution in [2.75, 3.05) is 5.32 Å². The zero-order valence-electron chi connectivity index (χ0n) is 22.1. The number of carbonyl (C=O) groups excluding carboxylic acids is 1. The minimum atomic E-state index is -0.935. The zero-order chi connectivity index (χ0) is 28.4. The molecule has 0 radical (unpaired) electrons. The quantitative estimate of drug-likeness (QED) is 0.173. The van der Waals surface area contributed by atoms with Crippen molar-refractivity contribution in [3.63, 3.8) is 0 Å². The third-order valence-corrected chi connectivity index (χ3v) is 7.37. The highest BCUT2D eigenvalue weighted by molar-refractivity contribution is 6.03. The van der Waals surface area contributed by atoms with Gasteiger partial charge in [0.05, 0.1) is 34.2 Å². The Kier molecular flexibility index (Phi) is 7.20. The Morgan fingerprint density at radius 2 is 1.88 bits per heavy atom. The van der Waals surface area contributed by atoms with Crippen LogP contribution in [0.15, 0.2) is 72.8 Å². The topological polar surface area (TPSA) is 147 Å². The number of nitrogens with one attached hydrogen (secondary N) is 2. The molecule has 9 heteroatoms. The minimum Gasteiger partial charge on any atom is -0.384 e. The number of halogens is 1. The second-order valence-corrected chi connectivity index (χ2v) is 10.3. The Hall–Kier alpha value is -4.81. The molecular weight excluding hydrogens is 505 g/mol. The van der Waals surface area contributed by atoms with E-state index < -0.39 is 17.3 Å². The van der Waals surface area contributed by atoms with Crippen molar-refractivity contribution in [2.45, 2.75) is 38.1 Å². The summed E-state index contributed by atoms with van der Waals surface area (Å²) in [5.74, 6) is -0.623. The van der Waals surface area contributed by atoms with Gasteiger partial charge >= 0.3 is 0 Å². The summed E-state index contributed by atoms with van der Waals surface area (Å²) in [6.07, 6.45) is 3.92. The first-order valence-electron chi connectivity index (χ1n) is 13.1. The molecule has 5 rings (SSSR count). The Morgan fingerprint density at radius 1 is 1.15 bits per heavy atom. The highest BCUT2D eigenvalue weighted by Gasteiger charge is 2.33. The van der Waals surface area contributed by atoms with Crippen LogP contribution in [0.5, 0.6) is 0 Å². The van der Waals surface area contributed by atoms with Crippen LogP contribution in [0, 0.1) is 35.4 Å². The number of amidine groups is 1. The molecule has 0 saturated heterocycles. The molecule has 0 spiro atoms. The molecule has 1 aliphatic rings. The molecule has 8 nitrogen and oxygen atoms in total. The summed E-state index contributed by atoms with van der Waals surface area (Å²) >= 11 is 0. The van der Waals surface area contributed by atoms with Gasteiger partial charge in [0, 0.05) is 5.56 Å². The molecule has 6 N–H and O–H groups in total. The van der Waals surface area contributed by atoms with Gasteiger partial charge in [0.1, 0.15) is 17.3 Å². The lowest BCUT2D eigenvalue weighted by atomic mass is 9.79. The number of aromatic nitrogens is 2. The van der Waals surface area contributed by atoms with Gasteiger partial charge in [-0.15, -0.1) is 0 Å². The maximum absolute atomic E-state index is 15.1. The number of hydrogen-bond acceptors (Lipinski definition) is 5. The van der Waals surface area contributed by atoms with Gasteiger partial charge in [0.2, 0.25) is 0 Å². The summed E-state index contributed by atoms with van der Waals surface area (Å²) in [5, 5.41) is 24.1. The zero-order valence-corrected chi connectivity index (χ0v) is 22.1. The molecule has 1 amide bonds. The van der Waals surface area contributed by atoms with Crippen LogP contribution < -0.4 is 16.8 Å². The standard InChI is InChI=1S/C31H30FN7O/c1-19-15-28(39(38-19)25-4-2-3-22(16-25)29(34)35)30(40)37-27-17-24(11-12-26(27)32)31(36,14-13-20-5-6-20)23-9-7-21(18-33)8-10-23/h2-4,7-12,15-17,20H,5-6,13-14,36H2,1H3,(H3,34,35)(H,37,40). The average molecular weight is 536 g/mol. The van der Waals surface area contributed by atoms with E-state index in [4.69, 9.17) is 16.9 Å². The summed E-state index contributed by atoms with van der Waals surface area (Å²) in [6, 6.07) is 22.2. The lowest BCUT2D eigenvalue weighted by Crippen LogP contribution is -2.38. The van der Waals surface area contributed by atoms with Crippen LogP contribution in [0.25, 0.3) is 5.69 Å². The van der Waals surface area contributed by atoms with E-state index >= 15 is 4.39 Å². The van der Waals surface area contributed by atoms with Gasteiger partial charge in [0.15, 0.2) is 0 Å². The van der Waals surface area contributed by atoms with Crippen LogP contribution in [-0.2, 0) is 5.54 Å². The Bertz CT molecular complexity index is 1630. The second kappa shape index (κ2) is 10.8. The lowest BCUT2D eigenvalue weighted by molar-refractivity contribution is 0.101. The molecule has 0 bridgehead atoms. The van der Waals surface area contributed by atoms with Gasteiger partial charge in [-0.3, -0.25) is 10.2 Å². The fourth-order valence-corrected chi connectivity index (χ4v) is 4.88. The summed E-state index contributed by atoms with van der Waals surface area (Å²) in [5.41, 5.74) is 15.6. The molecule has 1 aromatic heterocycles. The van der Waals surface area contributed by atoms with Crippen molar-refractivity contribution in [2.24, 2.45) is 17.4 Å². The number of rotatable bonds is 9. The summed E-state index contributed by atoms with van der Waals surface area (Å²) in [6.45, 7) is 1.75. The van der Waals surface area contributed by atoms with Crippen LogP contribution in [-0.4, -0.2) is 21.5 Å².